The molecular formula is C32H25NO2. The van der Waals surface area contributed by atoms with E-state index in [1.54, 1.807) is 0 Å². The van der Waals surface area contributed by atoms with Crippen LogP contribution < -0.4 is 9.47 Å². The highest BCUT2D eigenvalue weighted by Crippen LogP contribution is 2.31. The number of nitrogens with zero attached hydrogens (tertiary/aromatic N) is 1. The first-order valence-electron chi connectivity index (χ1n) is 11.7. The average molecular weight is 456 g/mol. The summed E-state index contributed by atoms with van der Waals surface area (Å²) in [6, 6.07) is 37.0. The second-order valence-electron chi connectivity index (χ2n) is 8.34. The summed E-state index contributed by atoms with van der Waals surface area (Å²) >= 11 is 0. The van der Waals surface area contributed by atoms with Crippen LogP contribution >= 0.6 is 0 Å². The van der Waals surface area contributed by atoms with Crippen LogP contribution in [0, 0.1) is 11.3 Å². The van der Waals surface area contributed by atoms with E-state index in [9.17, 15) is 5.26 Å². The first-order chi connectivity index (χ1) is 17.2. The van der Waals surface area contributed by atoms with E-state index in [0.29, 0.717) is 30.3 Å². The standard InChI is InChI=1S/C32H25NO2/c1-2-34-32-19-23(17-30(21-33)29-15-14-26-8-4-6-10-28(26)20-29)12-16-31(32)35-22-24-11-13-25-7-3-5-9-27(25)18-24/h3-20H,2,22H2,1H3/b30-17-. The summed E-state index contributed by atoms with van der Waals surface area (Å²) in [5.74, 6) is 1.35. The Hall–Kier alpha value is -4.55. The Kier molecular flexibility index (Phi) is 6.46. The highest BCUT2D eigenvalue weighted by atomic mass is 16.5. The van der Waals surface area contributed by atoms with Crippen molar-refractivity contribution in [3.63, 3.8) is 0 Å². The Bertz CT molecular complexity index is 1580. The Morgan fingerprint density at radius 1 is 0.714 bits per heavy atom. The van der Waals surface area contributed by atoms with Gasteiger partial charge in [-0.1, -0.05) is 78.9 Å². The lowest BCUT2D eigenvalue weighted by atomic mass is 10.00. The summed E-state index contributed by atoms with van der Waals surface area (Å²) in [7, 11) is 0. The Labute approximate surface area is 205 Å². The molecule has 0 saturated carbocycles. The fourth-order valence-electron chi connectivity index (χ4n) is 4.20. The third-order valence-corrected chi connectivity index (χ3v) is 5.97. The van der Waals surface area contributed by atoms with Gasteiger partial charge in [-0.25, -0.2) is 0 Å². The van der Waals surface area contributed by atoms with Crippen molar-refractivity contribution >= 4 is 33.2 Å². The molecule has 170 valence electrons. The number of rotatable bonds is 7. The quantitative estimate of drug-likeness (QED) is 0.184. The van der Waals surface area contributed by atoms with Crippen LogP contribution in [0.25, 0.3) is 33.2 Å². The third kappa shape index (κ3) is 5.03. The molecule has 0 saturated heterocycles. The van der Waals surface area contributed by atoms with Crippen molar-refractivity contribution in [2.24, 2.45) is 0 Å². The van der Waals surface area contributed by atoms with E-state index in [1.807, 2.05) is 67.6 Å². The van der Waals surface area contributed by atoms with Gasteiger partial charge in [-0.3, -0.25) is 0 Å². The van der Waals surface area contributed by atoms with Gasteiger partial charge in [0.15, 0.2) is 11.5 Å². The number of nitriles is 1. The lowest BCUT2D eigenvalue weighted by molar-refractivity contribution is 0.269. The number of ether oxygens (including phenoxy) is 2. The highest BCUT2D eigenvalue weighted by molar-refractivity contribution is 5.94. The van der Waals surface area contributed by atoms with Gasteiger partial charge in [-0.15, -0.1) is 0 Å². The minimum Gasteiger partial charge on any atom is -0.490 e. The Balaban J connectivity index is 1.40. The molecule has 0 heterocycles. The van der Waals surface area contributed by atoms with Crippen molar-refractivity contribution in [1.29, 1.82) is 5.26 Å². The molecule has 0 atom stereocenters. The number of benzene rings is 5. The van der Waals surface area contributed by atoms with Crippen LogP contribution in [0.1, 0.15) is 23.6 Å². The minimum atomic E-state index is 0.445. The molecule has 0 aliphatic heterocycles. The fraction of sp³-hybridized carbons (Fsp3) is 0.0938. The van der Waals surface area contributed by atoms with Gasteiger partial charge in [-0.2, -0.15) is 5.26 Å². The van der Waals surface area contributed by atoms with Gasteiger partial charge in [-0.05, 0) is 75.5 Å². The summed E-state index contributed by atoms with van der Waals surface area (Å²) in [6.45, 7) is 2.92. The fourth-order valence-corrected chi connectivity index (χ4v) is 4.20. The molecule has 5 rings (SSSR count). The molecule has 0 spiro atoms. The van der Waals surface area contributed by atoms with Crippen LogP contribution in [-0.2, 0) is 6.61 Å². The van der Waals surface area contributed by atoms with Gasteiger partial charge < -0.3 is 9.47 Å². The lowest BCUT2D eigenvalue weighted by Gasteiger charge is -2.13. The molecule has 0 amide bonds. The van der Waals surface area contributed by atoms with Crippen molar-refractivity contribution in [1.82, 2.24) is 0 Å². The molecule has 0 unspecified atom stereocenters. The van der Waals surface area contributed by atoms with Gasteiger partial charge >= 0.3 is 0 Å². The van der Waals surface area contributed by atoms with Crippen LogP contribution in [0.5, 0.6) is 11.5 Å². The van der Waals surface area contributed by atoms with E-state index in [2.05, 4.69) is 54.6 Å². The number of hydrogen-bond acceptors (Lipinski definition) is 3. The molecular weight excluding hydrogens is 430 g/mol. The van der Waals surface area contributed by atoms with E-state index in [-0.39, 0.29) is 0 Å². The van der Waals surface area contributed by atoms with Crippen LogP contribution in [0.15, 0.2) is 103 Å². The van der Waals surface area contributed by atoms with Gasteiger partial charge in [0.05, 0.1) is 18.2 Å². The zero-order valence-electron chi connectivity index (χ0n) is 19.6. The molecule has 0 aromatic heterocycles. The molecule has 35 heavy (non-hydrogen) atoms. The number of allylic oxidation sites excluding steroid dienone is 1. The summed E-state index contributed by atoms with van der Waals surface area (Å²) in [6.07, 6.45) is 1.89. The zero-order valence-corrected chi connectivity index (χ0v) is 19.6. The second kappa shape index (κ2) is 10.2. The zero-order chi connectivity index (χ0) is 24.0. The highest BCUT2D eigenvalue weighted by Gasteiger charge is 2.09. The smallest absolute Gasteiger partial charge is 0.161 e. The van der Waals surface area contributed by atoms with Crippen LogP contribution in [0.3, 0.4) is 0 Å². The van der Waals surface area contributed by atoms with E-state index in [4.69, 9.17) is 9.47 Å². The maximum absolute atomic E-state index is 9.85. The first-order valence-corrected chi connectivity index (χ1v) is 11.7. The average Bonchev–Trinajstić information content (AvgIpc) is 2.91. The van der Waals surface area contributed by atoms with Gasteiger partial charge in [0.1, 0.15) is 6.61 Å². The number of fused-ring (bicyclic) bond motifs is 2. The maximum atomic E-state index is 9.85. The molecule has 3 nitrogen and oxygen atoms in total. The predicted octanol–water partition coefficient (Wildman–Crippen LogP) is 8.03. The van der Waals surface area contributed by atoms with Crippen molar-refractivity contribution in [3.05, 3.63) is 120 Å². The van der Waals surface area contributed by atoms with Crippen molar-refractivity contribution in [2.45, 2.75) is 13.5 Å². The topological polar surface area (TPSA) is 42.2 Å². The van der Waals surface area contributed by atoms with E-state index >= 15 is 0 Å². The molecule has 5 aromatic carbocycles. The van der Waals surface area contributed by atoms with Gasteiger partial charge in [0.2, 0.25) is 0 Å². The molecule has 3 heteroatoms. The van der Waals surface area contributed by atoms with Gasteiger partial charge in [0.25, 0.3) is 0 Å². The summed E-state index contributed by atoms with van der Waals surface area (Å²) in [4.78, 5) is 0. The third-order valence-electron chi connectivity index (χ3n) is 5.97. The lowest BCUT2D eigenvalue weighted by Crippen LogP contribution is -2.00. The van der Waals surface area contributed by atoms with E-state index in [0.717, 1.165) is 27.5 Å². The van der Waals surface area contributed by atoms with E-state index < -0.39 is 0 Å². The SMILES string of the molecule is CCOc1cc(/C=C(/C#N)c2ccc3ccccc3c2)ccc1OCc1ccc2ccccc2c1. The largest absolute Gasteiger partial charge is 0.490 e. The Morgan fingerprint density at radius 2 is 1.40 bits per heavy atom. The molecule has 0 aliphatic carbocycles. The van der Waals surface area contributed by atoms with Crippen LogP contribution in [-0.4, -0.2) is 6.61 Å². The Morgan fingerprint density at radius 3 is 2.11 bits per heavy atom. The maximum Gasteiger partial charge on any atom is 0.161 e. The molecule has 0 N–H and O–H groups in total. The molecule has 0 aliphatic rings. The monoisotopic (exact) mass is 455 g/mol. The summed E-state index contributed by atoms with van der Waals surface area (Å²) in [5, 5.41) is 14.5. The molecule has 0 radical (unpaired) electrons. The summed E-state index contributed by atoms with van der Waals surface area (Å²) in [5.41, 5.74) is 3.47. The molecule has 0 fully saturated rings. The number of hydrogen-bond donors (Lipinski definition) is 0. The molecule has 0 bridgehead atoms. The van der Waals surface area contributed by atoms with Gasteiger partial charge in [0, 0.05) is 0 Å². The van der Waals surface area contributed by atoms with Crippen molar-refractivity contribution in [3.8, 4) is 17.6 Å². The van der Waals surface area contributed by atoms with Crippen LogP contribution in [0.2, 0.25) is 0 Å². The predicted molar refractivity (Wildman–Crippen MR) is 143 cm³/mol. The van der Waals surface area contributed by atoms with Crippen molar-refractivity contribution < 1.29 is 9.47 Å². The molecule has 5 aromatic rings. The normalized spacial score (nSPS) is 11.4. The first kappa shape index (κ1) is 22.3. The van der Waals surface area contributed by atoms with E-state index in [1.165, 1.54) is 10.8 Å². The second-order valence-corrected chi connectivity index (χ2v) is 8.34. The van der Waals surface area contributed by atoms with Crippen molar-refractivity contribution in [2.75, 3.05) is 6.61 Å². The minimum absolute atomic E-state index is 0.445. The summed E-state index contributed by atoms with van der Waals surface area (Å²) < 4.78 is 12.0. The van der Waals surface area contributed by atoms with Crippen LogP contribution in [0.4, 0.5) is 0 Å².